The van der Waals surface area contributed by atoms with Crippen molar-refractivity contribution in [3.05, 3.63) is 54.1 Å². The van der Waals surface area contributed by atoms with Crippen LogP contribution in [0.25, 0.3) is 11.1 Å². The van der Waals surface area contributed by atoms with Crippen LogP contribution in [0, 0.1) is 11.3 Å². The summed E-state index contributed by atoms with van der Waals surface area (Å²) in [6.45, 7) is 4.87. The Morgan fingerprint density at radius 1 is 0.857 bits per heavy atom. The third-order valence-electron chi connectivity index (χ3n) is 7.16. The SMILES string of the molecule is CCCC(C)C1(CCCCc2ccc(-c3ccc(O)cc3)cc2)CCCCC1. The van der Waals surface area contributed by atoms with Gasteiger partial charge in [0.15, 0.2) is 0 Å². The van der Waals surface area contributed by atoms with Gasteiger partial charge in [-0.3, -0.25) is 0 Å². The Bertz CT molecular complexity index is 692. The fourth-order valence-corrected chi connectivity index (χ4v) is 5.31. The van der Waals surface area contributed by atoms with Crippen molar-refractivity contribution in [2.24, 2.45) is 11.3 Å². The number of phenols is 1. The molecule has 1 fully saturated rings. The van der Waals surface area contributed by atoms with Gasteiger partial charge in [0.2, 0.25) is 0 Å². The molecule has 0 bridgehead atoms. The number of hydrogen-bond acceptors (Lipinski definition) is 1. The molecule has 1 aliphatic rings. The largest absolute Gasteiger partial charge is 0.508 e. The minimum Gasteiger partial charge on any atom is -0.508 e. The van der Waals surface area contributed by atoms with Gasteiger partial charge in [0.05, 0.1) is 0 Å². The van der Waals surface area contributed by atoms with Crippen LogP contribution < -0.4 is 0 Å². The predicted molar refractivity (Wildman–Crippen MR) is 121 cm³/mol. The van der Waals surface area contributed by atoms with Crippen molar-refractivity contribution < 1.29 is 5.11 Å². The summed E-state index contributed by atoms with van der Waals surface area (Å²) in [7, 11) is 0. The first kappa shape index (κ1) is 21.0. The highest BCUT2D eigenvalue weighted by molar-refractivity contribution is 5.64. The average molecular weight is 379 g/mol. The minimum absolute atomic E-state index is 0.323. The second kappa shape index (κ2) is 10.1. The van der Waals surface area contributed by atoms with Gasteiger partial charge >= 0.3 is 0 Å². The van der Waals surface area contributed by atoms with Crippen LogP contribution in [-0.4, -0.2) is 5.11 Å². The molecule has 1 nitrogen and oxygen atoms in total. The zero-order valence-electron chi connectivity index (χ0n) is 17.9. The van der Waals surface area contributed by atoms with Crippen molar-refractivity contribution in [2.45, 2.75) is 84.5 Å². The van der Waals surface area contributed by atoms with E-state index in [0.29, 0.717) is 11.2 Å². The topological polar surface area (TPSA) is 20.2 Å². The van der Waals surface area contributed by atoms with Crippen LogP contribution in [0.2, 0.25) is 0 Å². The molecule has 0 amide bonds. The highest BCUT2D eigenvalue weighted by Gasteiger charge is 2.35. The Morgan fingerprint density at radius 3 is 2.07 bits per heavy atom. The maximum absolute atomic E-state index is 9.44. The summed E-state index contributed by atoms with van der Waals surface area (Å²) in [4.78, 5) is 0. The van der Waals surface area contributed by atoms with Gasteiger partial charge in [-0.25, -0.2) is 0 Å². The van der Waals surface area contributed by atoms with Crippen LogP contribution in [0.4, 0.5) is 0 Å². The molecule has 28 heavy (non-hydrogen) atoms. The van der Waals surface area contributed by atoms with Crippen LogP contribution in [-0.2, 0) is 6.42 Å². The second-order valence-corrected chi connectivity index (χ2v) is 9.06. The molecule has 1 unspecified atom stereocenters. The molecule has 1 heteroatoms. The van der Waals surface area contributed by atoms with Gasteiger partial charge in [-0.1, -0.05) is 88.8 Å². The standard InChI is InChI=1S/C27H38O/c1-3-9-22(2)27(19-6-4-7-20-27)21-8-5-10-23-11-13-24(14-12-23)25-15-17-26(28)18-16-25/h11-18,22,28H,3-10,19-21H2,1-2H3. The second-order valence-electron chi connectivity index (χ2n) is 9.06. The van der Waals surface area contributed by atoms with Crippen LogP contribution >= 0.6 is 0 Å². The number of phenolic OH excluding ortho intramolecular Hbond substituents is 1. The molecule has 1 N–H and O–H groups in total. The molecule has 0 saturated heterocycles. The molecule has 1 saturated carbocycles. The van der Waals surface area contributed by atoms with Crippen LogP contribution in [0.15, 0.2) is 48.5 Å². The fraction of sp³-hybridized carbons (Fsp3) is 0.556. The summed E-state index contributed by atoms with van der Waals surface area (Å²) in [6.07, 6.45) is 15.3. The number of unbranched alkanes of at least 4 members (excludes halogenated alkanes) is 1. The Labute approximate surface area is 172 Å². The van der Waals surface area contributed by atoms with Crippen molar-refractivity contribution in [3.8, 4) is 16.9 Å². The van der Waals surface area contributed by atoms with Gasteiger partial charge in [0, 0.05) is 0 Å². The summed E-state index contributed by atoms with van der Waals surface area (Å²) in [5, 5.41) is 9.44. The normalized spacial score (nSPS) is 17.4. The lowest BCUT2D eigenvalue weighted by Crippen LogP contribution is -2.31. The number of benzene rings is 2. The Kier molecular flexibility index (Phi) is 7.59. The summed E-state index contributed by atoms with van der Waals surface area (Å²) in [6, 6.07) is 16.4. The van der Waals surface area contributed by atoms with Crippen LogP contribution in [0.1, 0.15) is 83.6 Å². The average Bonchev–Trinajstić information content (AvgIpc) is 2.73. The molecule has 0 spiro atoms. The molecule has 2 aromatic rings. The third kappa shape index (κ3) is 5.40. The molecule has 0 radical (unpaired) electrons. The maximum atomic E-state index is 9.44. The van der Waals surface area contributed by atoms with Gasteiger partial charge < -0.3 is 5.11 Å². The van der Waals surface area contributed by atoms with E-state index in [9.17, 15) is 5.11 Å². The van der Waals surface area contributed by atoms with E-state index >= 15 is 0 Å². The third-order valence-corrected chi connectivity index (χ3v) is 7.16. The fourth-order valence-electron chi connectivity index (χ4n) is 5.31. The van der Waals surface area contributed by atoms with Crippen molar-refractivity contribution in [3.63, 3.8) is 0 Å². The first-order valence-corrected chi connectivity index (χ1v) is 11.5. The smallest absolute Gasteiger partial charge is 0.115 e. The number of aromatic hydroxyl groups is 1. The highest BCUT2D eigenvalue weighted by atomic mass is 16.3. The van der Waals surface area contributed by atoms with Crippen molar-refractivity contribution in [1.82, 2.24) is 0 Å². The zero-order valence-corrected chi connectivity index (χ0v) is 17.9. The van der Waals surface area contributed by atoms with Gasteiger partial charge in [-0.05, 0) is 72.3 Å². The lowest BCUT2D eigenvalue weighted by molar-refractivity contribution is 0.0845. The van der Waals surface area contributed by atoms with Crippen LogP contribution in [0.5, 0.6) is 5.75 Å². The van der Waals surface area contributed by atoms with E-state index in [0.717, 1.165) is 11.5 Å². The minimum atomic E-state index is 0.323. The quantitative estimate of drug-likeness (QED) is 0.436. The lowest BCUT2D eigenvalue weighted by Gasteiger charge is -2.43. The van der Waals surface area contributed by atoms with E-state index in [4.69, 9.17) is 0 Å². The van der Waals surface area contributed by atoms with Gasteiger partial charge in [0.25, 0.3) is 0 Å². The number of rotatable bonds is 9. The summed E-state index contributed by atoms with van der Waals surface area (Å²) in [5.74, 6) is 1.21. The summed E-state index contributed by atoms with van der Waals surface area (Å²) >= 11 is 0. The van der Waals surface area contributed by atoms with Crippen molar-refractivity contribution >= 4 is 0 Å². The highest BCUT2D eigenvalue weighted by Crippen LogP contribution is 2.48. The predicted octanol–water partition coefficient (Wildman–Crippen LogP) is 8.16. The molecule has 2 aromatic carbocycles. The van der Waals surface area contributed by atoms with Crippen molar-refractivity contribution in [2.75, 3.05) is 0 Å². The summed E-state index contributed by atoms with van der Waals surface area (Å²) in [5.41, 5.74) is 4.46. The van der Waals surface area contributed by atoms with E-state index in [2.05, 4.69) is 38.1 Å². The first-order valence-electron chi connectivity index (χ1n) is 11.5. The molecule has 0 aliphatic heterocycles. The molecule has 3 rings (SSSR count). The van der Waals surface area contributed by atoms with E-state index in [-0.39, 0.29) is 0 Å². The lowest BCUT2D eigenvalue weighted by atomic mass is 9.63. The number of aryl methyl sites for hydroxylation is 1. The summed E-state index contributed by atoms with van der Waals surface area (Å²) < 4.78 is 0. The molecule has 152 valence electrons. The van der Waals surface area contributed by atoms with Crippen molar-refractivity contribution in [1.29, 1.82) is 0 Å². The molecule has 1 aliphatic carbocycles. The van der Waals surface area contributed by atoms with E-state index in [1.54, 1.807) is 12.1 Å². The monoisotopic (exact) mass is 378 g/mol. The Morgan fingerprint density at radius 2 is 1.46 bits per heavy atom. The maximum Gasteiger partial charge on any atom is 0.115 e. The van der Waals surface area contributed by atoms with E-state index < -0.39 is 0 Å². The van der Waals surface area contributed by atoms with E-state index in [1.807, 2.05) is 12.1 Å². The molecular formula is C27H38O. The molecule has 0 aromatic heterocycles. The first-order chi connectivity index (χ1) is 13.6. The Balaban J connectivity index is 1.50. The molecular weight excluding hydrogens is 340 g/mol. The zero-order chi connectivity index (χ0) is 19.8. The van der Waals surface area contributed by atoms with Gasteiger partial charge in [-0.2, -0.15) is 0 Å². The Hall–Kier alpha value is -1.76. The van der Waals surface area contributed by atoms with Gasteiger partial charge in [-0.15, -0.1) is 0 Å². The molecule has 0 heterocycles. The molecule has 1 atom stereocenters. The number of hydrogen-bond donors (Lipinski definition) is 1. The van der Waals surface area contributed by atoms with E-state index in [1.165, 1.54) is 81.8 Å². The van der Waals surface area contributed by atoms with Crippen LogP contribution in [0.3, 0.4) is 0 Å². The van der Waals surface area contributed by atoms with Gasteiger partial charge in [0.1, 0.15) is 5.75 Å².